The normalized spacial score (nSPS) is 14.5. The first kappa shape index (κ1) is 24.9. The van der Waals surface area contributed by atoms with Gasteiger partial charge in [0.1, 0.15) is 5.75 Å². The SMILES string of the molecule is CCCS(=O)(=O)N1CCN(C(=O)COc2ccc(Br)cc2)CC1.O=C(O)C(=O)O. The number of aliphatic carboxylic acids is 2. The molecule has 0 unspecified atom stereocenters. The van der Waals surface area contributed by atoms with Crippen LogP contribution in [0.4, 0.5) is 0 Å². The molecule has 162 valence electrons. The highest BCUT2D eigenvalue weighted by Gasteiger charge is 2.28. The molecule has 0 aliphatic carbocycles. The van der Waals surface area contributed by atoms with Crippen molar-refractivity contribution in [3.05, 3.63) is 28.7 Å². The Labute approximate surface area is 177 Å². The number of carboxylic acids is 2. The average Bonchev–Trinajstić information content (AvgIpc) is 2.68. The number of hydrogen-bond donors (Lipinski definition) is 2. The van der Waals surface area contributed by atoms with Crippen molar-refractivity contribution in [2.45, 2.75) is 13.3 Å². The lowest BCUT2D eigenvalue weighted by atomic mass is 10.3. The molecular weight excluding hydrogens is 472 g/mol. The lowest BCUT2D eigenvalue weighted by Crippen LogP contribution is -2.52. The van der Waals surface area contributed by atoms with Crippen molar-refractivity contribution in [3.63, 3.8) is 0 Å². The van der Waals surface area contributed by atoms with Gasteiger partial charge in [-0.05, 0) is 30.7 Å². The first-order chi connectivity index (χ1) is 13.6. The molecular formula is C17H23BrN2O8S. The van der Waals surface area contributed by atoms with Crippen molar-refractivity contribution in [1.82, 2.24) is 9.21 Å². The van der Waals surface area contributed by atoms with Crippen LogP contribution in [-0.4, -0.2) is 84.2 Å². The van der Waals surface area contributed by atoms with Gasteiger partial charge >= 0.3 is 11.9 Å². The van der Waals surface area contributed by atoms with Crippen molar-refractivity contribution in [2.75, 3.05) is 38.5 Å². The number of rotatable bonds is 6. The van der Waals surface area contributed by atoms with E-state index in [-0.39, 0.29) is 18.3 Å². The summed E-state index contributed by atoms with van der Waals surface area (Å²) in [5, 5.41) is 14.8. The lowest BCUT2D eigenvalue weighted by Gasteiger charge is -2.33. The van der Waals surface area contributed by atoms with Gasteiger partial charge < -0.3 is 19.8 Å². The molecule has 2 rings (SSSR count). The maximum absolute atomic E-state index is 12.1. The summed E-state index contributed by atoms with van der Waals surface area (Å²) < 4.78 is 31.9. The molecule has 12 heteroatoms. The summed E-state index contributed by atoms with van der Waals surface area (Å²) in [6, 6.07) is 7.26. The Bertz CT molecular complexity index is 793. The molecule has 1 fully saturated rings. The zero-order valence-electron chi connectivity index (χ0n) is 15.8. The van der Waals surface area contributed by atoms with E-state index in [2.05, 4.69) is 15.9 Å². The summed E-state index contributed by atoms with van der Waals surface area (Å²) in [7, 11) is -3.18. The predicted molar refractivity (Wildman–Crippen MR) is 107 cm³/mol. The zero-order chi connectivity index (χ0) is 22.0. The molecule has 0 spiro atoms. The van der Waals surface area contributed by atoms with Gasteiger partial charge in [0.05, 0.1) is 5.75 Å². The largest absolute Gasteiger partial charge is 0.484 e. The van der Waals surface area contributed by atoms with Gasteiger partial charge in [-0.25, -0.2) is 18.0 Å². The first-order valence-electron chi connectivity index (χ1n) is 8.67. The number of carboxylic acid groups (broad SMARTS) is 2. The number of amides is 1. The second kappa shape index (κ2) is 11.7. The van der Waals surface area contributed by atoms with Crippen LogP contribution in [0.15, 0.2) is 28.7 Å². The van der Waals surface area contributed by atoms with Crippen LogP contribution in [0.1, 0.15) is 13.3 Å². The molecule has 1 amide bonds. The van der Waals surface area contributed by atoms with Crippen LogP contribution in [0.5, 0.6) is 5.75 Å². The highest BCUT2D eigenvalue weighted by atomic mass is 79.9. The van der Waals surface area contributed by atoms with E-state index in [1.807, 2.05) is 19.1 Å². The number of ether oxygens (including phenoxy) is 1. The third-order valence-corrected chi connectivity index (χ3v) is 6.41. The van der Waals surface area contributed by atoms with E-state index >= 15 is 0 Å². The molecule has 1 aromatic carbocycles. The summed E-state index contributed by atoms with van der Waals surface area (Å²) >= 11 is 3.34. The molecule has 10 nitrogen and oxygen atoms in total. The van der Waals surface area contributed by atoms with Crippen LogP contribution in [0.25, 0.3) is 0 Å². The summed E-state index contributed by atoms with van der Waals surface area (Å²) in [5.41, 5.74) is 0. The molecule has 0 radical (unpaired) electrons. The van der Waals surface area contributed by atoms with Crippen LogP contribution >= 0.6 is 15.9 Å². The van der Waals surface area contributed by atoms with Gasteiger partial charge in [0.2, 0.25) is 10.0 Å². The molecule has 0 bridgehead atoms. The molecule has 29 heavy (non-hydrogen) atoms. The Morgan fingerprint density at radius 1 is 1.03 bits per heavy atom. The minimum Gasteiger partial charge on any atom is -0.484 e. The summed E-state index contributed by atoms with van der Waals surface area (Å²) in [4.78, 5) is 32.0. The number of halogens is 1. The topological polar surface area (TPSA) is 142 Å². The highest BCUT2D eigenvalue weighted by Crippen LogP contribution is 2.16. The van der Waals surface area contributed by atoms with Gasteiger partial charge in [-0.3, -0.25) is 4.79 Å². The maximum Gasteiger partial charge on any atom is 0.414 e. The Kier molecular flexibility index (Phi) is 10.1. The van der Waals surface area contributed by atoms with E-state index in [0.29, 0.717) is 38.3 Å². The molecule has 0 atom stereocenters. The summed E-state index contributed by atoms with van der Waals surface area (Å²) in [5.74, 6) is -2.98. The fourth-order valence-corrected chi connectivity index (χ4v) is 4.13. The minimum atomic E-state index is -3.18. The number of benzene rings is 1. The molecule has 1 aromatic rings. The standard InChI is InChI=1S/C15H21BrN2O4S.C2H2O4/c1-2-11-23(20,21)18-9-7-17(8-10-18)15(19)12-22-14-5-3-13(16)4-6-14;3-1(4)2(5)6/h3-6H,2,7-12H2,1H3;(H,3,4)(H,5,6). The van der Waals surface area contributed by atoms with E-state index in [1.165, 1.54) is 4.31 Å². The van der Waals surface area contributed by atoms with Gasteiger partial charge in [-0.1, -0.05) is 22.9 Å². The number of sulfonamides is 1. The number of carbonyl (C=O) groups excluding carboxylic acids is 1. The smallest absolute Gasteiger partial charge is 0.414 e. The first-order valence-corrected chi connectivity index (χ1v) is 11.1. The third kappa shape index (κ3) is 8.79. The molecule has 0 saturated carbocycles. The second-order valence-electron chi connectivity index (χ2n) is 5.95. The Morgan fingerprint density at radius 3 is 2.00 bits per heavy atom. The van der Waals surface area contributed by atoms with Gasteiger partial charge in [0, 0.05) is 30.7 Å². The Balaban J connectivity index is 0.000000612. The van der Waals surface area contributed by atoms with Crippen molar-refractivity contribution in [1.29, 1.82) is 0 Å². The highest BCUT2D eigenvalue weighted by molar-refractivity contribution is 9.10. The van der Waals surface area contributed by atoms with E-state index in [4.69, 9.17) is 24.5 Å². The van der Waals surface area contributed by atoms with E-state index in [9.17, 15) is 13.2 Å². The Hall–Kier alpha value is -2.18. The van der Waals surface area contributed by atoms with Gasteiger partial charge in [-0.2, -0.15) is 4.31 Å². The maximum atomic E-state index is 12.1. The van der Waals surface area contributed by atoms with Crippen LogP contribution in [0.2, 0.25) is 0 Å². The van der Waals surface area contributed by atoms with Crippen molar-refractivity contribution >= 4 is 43.8 Å². The zero-order valence-corrected chi connectivity index (χ0v) is 18.2. The third-order valence-electron chi connectivity index (χ3n) is 3.81. The molecule has 1 aliphatic rings. The van der Waals surface area contributed by atoms with Crippen LogP contribution in [0, 0.1) is 0 Å². The summed E-state index contributed by atoms with van der Waals surface area (Å²) in [6.45, 7) is 3.33. The summed E-state index contributed by atoms with van der Waals surface area (Å²) in [6.07, 6.45) is 0.600. The van der Waals surface area contributed by atoms with Crippen molar-refractivity contribution in [3.8, 4) is 5.75 Å². The van der Waals surface area contributed by atoms with Crippen molar-refractivity contribution in [2.24, 2.45) is 0 Å². The molecule has 2 N–H and O–H groups in total. The monoisotopic (exact) mass is 494 g/mol. The van der Waals surface area contributed by atoms with Gasteiger partial charge in [0.25, 0.3) is 5.91 Å². The number of hydrogen-bond acceptors (Lipinski definition) is 6. The van der Waals surface area contributed by atoms with Gasteiger partial charge in [0.15, 0.2) is 6.61 Å². The number of piperazine rings is 1. The minimum absolute atomic E-state index is 0.0384. The van der Waals surface area contributed by atoms with Crippen molar-refractivity contribution < 1.29 is 37.8 Å². The fraction of sp³-hybridized carbons (Fsp3) is 0.471. The van der Waals surface area contributed by atoms with E-state index < -0.39 is 22.0 Å². The van der Waals surface area contributed by atoms with E-state index in [0.717, 1.165) is 4.47 Å². The predicted octanol–water partition coefficient (Wildman–Crippen LogP) is 0.868. The van der Waals surface area contributed by atoms with Crippen LogP contribution in [-0.2, 0) is 24.4 Å². The lowest BCUT2D eigenvalue weighted by molar-refractivity contribution is -0.159. The number of nitrogens with zero attached hydrogens (tertiary/aromatic N) is 2. The quantitative estimate of drug-likeness (QED) is 0.554. The molecule has 1 heterocycles. The number of carbonyl (C=O) groups is 3. The fourth-order valence-electron chi connectivity index (χ4n) is 2.37. The van der Waals surface area contributed by atoms with Crippen LogP contribution < -0.4 is 4.74 Å². The second-order valence-corrected chi connectivity index (χ2v) is 8.95. The Morgan fingerprint density at radius 2 is 1.55 bits per heavy atom. The van der Waals surface area contributed by atoms with E-state index in [1.54, 1.807) is 17.0 Å². The molecule has 1 saturated heterocycles. The average molecular weight is 495 g/mol. The van der Waals surface area contributed by atoms with Gasteiger partial charge in [-0.15, -0.1) is 0 Å². The molecule has 0 aromatic heterocycles. The molecule has 1 aliphatic heterocycles. The van der Waals surface area contributed by atoms with Crippen LogP contribution in [0.3, 0.4) is 0 Å².